The molecule has 1 unspecified atom stereocenters. The smallest absolute Gasteiger partial charge is 0.137 e. The molecule has 0 bridgehead atoms. The molecular formula is C11H19N3O. The summed E-state index contributed by atoms with van der Waals surface area (Å²) >= 11 is 0. The second-order valence-electron chi connectivity index (χ2n) is 4.22. The molecule has 0 aliphatic rings. The Morgan fingerprint density at radius 1 is 1.47 bits per heavy atom. The molecule has 4 nitrogen and oxygen atoms in total. The van der Waals surface area contributed by atoms with Gasteiger partial charge in [-0.15, -0.1) is 0 Å². The Morgan fingerprint density at radius 3 is 2.53 bits per heavy atom. The van der Waals surface area contributed by atoms with E-state index in [9.17, 15) is 0 Å². The van der Waals surface area contributed by atoms with Crippen LogP contribution in [-0.2, 0) is 0 Å². The number of ether oxygens (including phenoxy) is 1. The minimum Gasteiger partial charge on any atom is -0.495 e. The van der Waals surface area contributed by atoms with Crippen LogP contribution >= 0.6 is 0 Å². The normalized spacial score (nSPS) is 13.4. The monoisotopic (exact) mass is 209 g/mol. The zero-order valence-corrected chi connectivity index (χ0v) is 9.74. The van der Waals surface area contributed by atoms with Gasteiger partial charge in [-0.2, -0.15) is 0 Å². The van der Waals surface area contributed by atoms with Crippen LogP contribution in [-0.4, -0.2) is 23.7 Å². The van der Waals surface area contributed by atoms with Gasteiger partial charge in [0.1, 0.15) is 11.6 Å². The number of hydrogen-bond acceptors (Lipinski definition) is 4. The van der Waals surface area contributed by atoms with Gasteiger partial charge in [0.2, 0.25) is 0 Å². The zero-order chi connectivity index (χ0) is 11.5. The molecular weight excluding hydrogens is 190 g/mol. The fourth-order valence-electron chi connectivity index (χ4n) is 1.02. The maximum absolute atomic E-state index is 5.86. The summed E-state index contributed by atoms with van der Waals surface area (Å²) in [6, 6.07) is 3.79. The summed E-state index contributed by atoms with van der Waals surface area (Å²) in [5.41, 5.74) is 5.68. The lowest BCUT2D eigenvalue weighted by atomic mass is 9.97. The van der Waals surface area contributed by atoms with Crippen LogP contribution in [0.5, 0.6) is 5.75 Å². The second kappa shape index (κ2) is 4.49. The molecule has 4 heteroatoms. The van der Waals surface area contributed by atoms with Crippen LogP contribution < -0.4 is 15.8 Å². The Hall–Kier alpha value is -1.29. The molecule has 0 saturated heterocycles. The molecule has 3 N–H and O–H groups in total. The molecule has 1 heterocycles. The van der Waals surface area contributed by atoms with E-state index < -0.39 is 0 Å². The molecule has 0 spiro atoms. The third-order valence-electron chi connectivity index (χ3n) is 2.56. The van der Waals surface area contributed by atoms with E-state index in [1.54, 1.807) is 13.3 Å². The molecule has 0 radical (unpaired) electrons. The topological polar surface area (TPSA) is 60.2 Å². The zero-order valence-electron chi connectivity index (χ0n) is 9.74. The van der Waals surface area contributed by atoms with Gasteiger partial charge in [-0.05, 0) is 32.9 Å². The van der Waals surface area contributed by atoms with Gasteiger partial charge in [-0.1, -0.05) is 0 Å². The van der Waals surface area contributed by atoms with Crippen molar-refractivity contribution in [3.8, 4) is 5.75 Å². The van der Waals surface area contributed by atoms with Crippen LogP contribution in [0.3, 0.4) is 0 Å². The third kappa shape index (κ3) is 3.09. The molecule has 0 aromatic carbocycles. The highest BCUT2D eigenvalue weighted by molar-refractivity contribution is 5.40. The van der Waals surface area contributed by atoms with Crippen molar-refractivity contribution in [3.05, 3.63) is 18.3 Å². The van der Waals surface area contributed by atoms with Crippen LogP contribution in [0.4, 0.5) is 5.82 Å². The average molecular weight is 209 g/mol. The first-order valence-electron chi connectivity index (χ1n) is 4.99. The minimum absolute atomic E-state index is 0.0430. The van der Waals surface area contributed by atoms with E-state index in [1.165, 1.54) is 0 Å². The van der Waals surface area contributed by atoms with Gasteiger partial charge in [-0.3, -0.25) is 0 Å². The number of methoxy groups -OCH3 is 1. The highest BCUT2D eigenvalue weighted by atomic mass is 16.5. The minimum atomic E-state index is -0.179. The lowest BCUT2D eigenvalue weighted by molar-refractivity contribution is 0.412. The number of anilines is 1. The first-order chi connectivity index (χ1) is 6.95. The predicted molar refractivity (Wildman–Crippen MR) is 62.1 cm³/mol. The molecule has 1 atom stereocenters. The van der Waals surface area contributed by atoms with E-state index in [2.05, 4.69) is 10.3 Å². The summed E-state index contributed by atoms with van der Waals surface area (Å²) < 4.78 is 5.03. The van der Waals surface area contributed by atoms with E-state index >= 15 is 0 Å². The van der Waals surface area contributed by atoms with Crippen molar-refractivity contribution in [2.45, 2.75) is 32.4 Å². The van der Waals surface area contributed by atoms with E-state index in [0.29, 0.717) is 0 Å². The standard InChI is InChI=1S/C11H19N3O/c1-8(12)11(2,3)14-10-6-5-9(15-4)7-13-10/h5-8H,12H2,1-4H3,(H,13,14). The first kappa shape index (κ1) is 11.8. The van der Waals surface area contributed by atoms with Gasteiger partial charge in [0.25, 0.3) is 0 Å². The van der Waals surface area contributed by atoms with E-state index in [0.717, 1.165) is 11.6 Å². The maximum Gasteiger partial charge on any atom is 0.137 e. The molecule has 0 amide bonds. The van der Waals surface area contributed by atoms with E-state index in [4.69, 9.17) is 10.5 Å². The van der Waals surface area contributed by atoms with Crippen LogP contribution in [0.1, 0.15) is 20.8 Å². The Bertz CT molecular complexity index is 306. The molecule has 0 fully saturated rings. The summed E-state index contributed by atoms with van der Waals surface area (Å²) in [5.74, 6) is 1.55. The van der Waals surface area contributed by atoms with Crippen molar-refractivity contribution in [2.24, 2.45) is 5.73 Å². The van der Waals surface area contributed by atoms with Crippen molar-refractivity contribution in [2.75, 3.05) is 12.4 Å². The fourth-order valence-corrected chi connectivity index (χ4v) is 1.02. The number of nitrogens with one attached hydrogen (secondary N) is 1. The van der Waals surface area contributed by atoms with Crippen molar-refractivity contribution in [1.82, 2.24) is 4.98 Å². The van der Waals surface area contributed by atoms with Gasteiger partial charge in [0.15, 0.2) is 0 Å². The number of nitrogens with zero attached hydrogens (tertiary/aromatic N) is 1. The Labute approximate surface area is 90.8 Å². The number of hydrogen-bond donors (Lipinski definition) is 2. The highest BCUT2D eigenvalue weighted by Gasteiger charge is 2.22. The Morgan fingerprint density at radius 2 is 2.13 bits per heavy atom. The van der Waals surface area contributed by atoms with Gasteiger partial charge in [-0.25, -0.2) is 4.98 Å². The molecule has 84 valence electrons. The lowest BCUT2D eigenvalue weighted by Crippen LogP contribution is -2.47. The SMILES string of the molecule is COc1ccc(NC(C)(C)C(C)N)nc1. The van der Waals surface area contributed by atoms with E-state index in [1.807, 2.05) is 32.9 Å². The Balaban J connectivity index is 2.73. The highest BCUT2D eigenvalue weighted by Crippen LogP contribution is 2.17. The number of nitrogens with two attached hydrogens (primary N) is 1. The van der Waals surface area contributed by atoms with E-state index in [-0.39, 0.29) is 11.6 Å². The molecule has 15 heavy (non-hydrogen) atoms. The summed E-state index contributed by atoms with van der Waals surface area (Å²) in [6.07, 6.45) is 1.68. The summed E-state index contributed by atoms with van der Waals surface area (Å²) in [5, 5.41) is 3.28. The first-order valence-corrected chi connectivity index (χ1v) is 4.99. The molecule has 1 aromatic rings. The maximum atomic E-state index is 5.86. The predicted octanol–water partition coefficient (Wildman–Crippen LogP) is 1.63. The summed E-state index contributed by atoms with van der Waals surface area (Å²) in [6.45, 7) is 6.06. The van der Waals surface area contributed by atoms with Crippen molar-refractivity contribution in [1.29, 1.82) is 0 Å². The van der Waals surface area contributed by atoms with Crippen LogP contribution in [0.2, 0.25) is 0 Å². The molecule has 1 rings (SSSR count). The molecule has 0 saturated carbocycles. The third-order valence-corrected chi connectivity index (χ3v) is 2.56. The van der Waals surface area contributed by atoms with Gasteiger partial charge in [0, 0.05) is 11.6 Å². The number of rotatable bonds is 4. The second-order valence-corrected chi connectivity index (χ2v) is 4.22. The number of aromatic nitrogens is 1. The van der Waals surface area contributed by atoms with Crippen molar-refractivity contribution >= 4 is 5.82 Å². The van der Waals surface area contributed by atoms with Crippen LogP contribution in [0.25, 0.3) is 0 Å². The molecule has 0 aliphatic heterocycles. The Kier molecular flexibility index (Phi) is 3.52. The summed E-state index contributed by atoms with van der Waals surface area (Å²) in [4.78, 5) is 4.23. The average Bonchev–Trinajstić information content (AvgIpc) is 2.18. The quantitative estimate of drug-likeness (QED) is 0.791. The van der Waals surface area contributed by atoms with Crippen molar-refractivity contribution < 1.29 is 4.74 Å². The van der Waals surface area contributed by atoms with Crippen LogP contribution in [0, 0.1) is 0 Å². The number of pyridine rings is 1. The van der Waals surface area contributed by atoms with Crippen molar-refractivity contribution in [3.63, 3.8) is 0 Å². The fraction of sp³-hybridized carbons (Fsp3) is 0.545. The largest absolute Gasteiger partial charge is 0.495 e. The summed E-state index contributed by atoms with van der Waals surface area (Å²) in [7, 11) is 1.62. The van der Waals surface area contributed by atoms with Crippen LogP contribution in [0.15, 0.2) is 18.3 Å². The lowest BCUT2D eigenvalue weighted by Gasteiger charge is -2.30. The molecule has 1 aromatic heterocycles. The van der Waals surface area contributed by atoms with Gasteiger partial charge >= 0.3 is 0 Å². The van der Waals surface area contributed by atoms with Gasteiger partial charge in [0.05, 0.1) is 13.3 Å². The molecule has 0 aliphatic carbocycles. The van der Waals surface area contributed by atoms with Gasteiger partial charge < -0.3 is 15.8 Å².